The van der Waals surface area contributed by atoms with Crippen LogP contribution in [0.2, 0.25) is 0 Å². The molecule has 2 amide bonds. The molecule has 0 heterocycles. The summed E-state index contributed by atoms with van der Waals surface area (Å²) in [6, 6.07) is 13.0. The molecule has 0 saturated carbocycles. The van der Waals surface area contributed by atoms with Crippen molar-refractivity contribution in [3.63, 3.8) is 0 Å². The largest absolute Gasteiger partial charge is 0.490 e. The first-order valence-electron chi connectivity index (χ1n) is 11.6. The van der Waals surface area contributed by atoms with Crippen LogP contribution in [0.25, 0.3) is 0 Å². The number of rotatable bonds is 13. The minimum atomic E-state index is -0.563. The lowest BCUT2D eigenvalue weighted by molar-refractivity contribution is -0.140. The third-order valence-corrected chi connectivity index (χ3v) is 5.75. The molecule has 0 aliphatic rings. The quantitative estimate of drug-likeness (QED) is 0.399. The molecule has 1 atom stereocenters. The minimum Gasteiger partial charge on any atom is -0.490 e. The van der Waals surface area contributed by atoms with Crippen LogP contribution in [0.4, 0.5) is 0 Å². The summed E-state index contributed by atoms with van der Waals surface area (Å²) in [4.78, 5) is 27.6. The third kappa shape index (κ3) is 8.39. The van der Waals surface area contributed by atoms with Crippen LogP contribution >= 0.6 is 15.9 Å². The van der Waals surface area contributed by atoms with Gasteiger partial charge in [-0.2, -0.15) is 0 Å². The fourth-order valence-electron chi connectivity index (χ4n) is 3.41. The summed E-state index contributed by atoms with van der Waals surface area (Å²) in [7, 11) is 0. The molecule has 0 aliphatic carbocycles. The Morgan fingerprint density at radius 3 is 2.24 bits per heavy atom. The second-order valence-electron chi connectivity index (χ2n) is 7.76. The van der Waals surface area contributed by atoms with Crippen molar-refractivity contribution in [2.75, 3.05) is 19.8 Å². The molecule has 6 nitrogen and oxygen atoms in total. The number of nitrogens with one attached hydrogen (secondary N) is 1. The van der Waals surface area contributed by atoms with Crippen molar-refractivity contribution >= 4 is 27.7 Å². The molecule has 2 rings (SSSR count). The SMILES string of the molecule is CCCNC(=O)[C@@H](C)N(Cc1ccc(Br)cc1)C(=O)CCc1ccc(OCC)c(OCC)c1. The van der Waals surface area contributed by atoms with Gasteiger partial charge in [-0.25, -0.2) is 0 Å². The number of carbonyl (C=O) groups is 2. The van der Waals surface area contributed by atoms with Gasteiger partial charge in [0, 0.05) is 24.0 Å². The van der Waals surface area contributed by atoms with E-state index in [4.69, 9.17) is 9.47 Å². The van der Waals surface area contributed by atoms with E-state index in [1.807, 2.05) is 63.2 Å². The van der Waals surface area contributed by atoms with E-state index in [2.05, 4.69) is 21.2 Å². The van der Waals surface area contributed by atoms with Crippen LogP contribution < -0.4 is 14.8 Å². The van der Waals surface area contributed by atoms with Crippen molar-refractivity contribution < 1.29 is 19.1 Å². The maximum atomic E-state index is 13.3. The molecule has 7 heteroatoms. The number of hydrogen-bond acceptors (Lipinski definition) is 4. The van der Waals surface area contributed by atoms with Crippen LogP contribution in [0.5, 0.6) is 11.5 Å². The molecule has 0 spiro atoms. The van der Waals surface area contributed by atoms with E-state index in [1.54, 1.807) is 11.8 Å². The van der Waals surface area contributed by atoms with Crippen LogP contribution in [0.15, 0.2) is 46.9 Å². The van der Waals surface area contributed by atoms with Crippen molar-refractivity contribution in [3.8, 4) is 11.5 Å². The monoisotopic (exact) mass is 518 g/mol. The standard InChI is InChI=1S/C26H35BrN2O4/c1-5-16-28-26(31)19(4)29(18-21-8-12-22(27)13-9-21)25(30)15-11-20-10-14-23(32-6-2)24(17-20)33-7-3/h8-10,12-14,17,19H,5-7,11,15-16,18H2,1-4H3,(H,28,31)/t19-/m1/s1. The summed E-state index contributed by atoms with van der Waals surface area (Å²) in [5.74, 6) is 1.18. The molecule has 0 aromatic heterocycles. The van der Waals surface area contributed by atoms with Gasteiger partial charge in [0.15, 0.2) is 11.5 Å². The third-order valence-electron chi connectivity index (χ3n) is 5.22. The number of aryl methyl sites for hydroxylation is 1. The Morgan fingerprint density at radius 1 is 0.970 bits per heavy atom. The lowest BCUT2D eigenvalue weighted by Crippen LogP contribution is -2.47. The highest BCUT2D eigenvalue weighted by Crippen LogP contribution is 2.29. The van der Waals surface area contributed by atoms with Crippen molar-refractivity contribution in [1.82, 2.24) is 10.2 Å². The molecule has 33 heavy (non-hydrogen) atoms. The summed E-state index contributed by atoms with van der Waals surface area (Å²) in [5, 5.41) is 2.91. The smallest absolute Gasteiger partial charge is 0.242 e. The molecule has 0 unspecified atom stereocenters. The van der Waals surface area contributed by atoms with Crippen LogP contribution in [-0.4, -0.2) is 42.5 Å². The van der Waals surface area contributed by atoms with Crippen molar-refractivity contribution in [1.29, 1.82) is 0 Å². The van der Waals surface area contributed by atoms with E-state index >= 15 is 0 Å². The number of hydrogen-bond donors (Lipinski definition) is 1. The van der Waals surface area contributed by atoms with E-state index < -0.39 is 6.04 Å². The predicted molar refractivity (Wildman–Crippen MR) is 135 cm³/mol. The first-order valence-corrected chi connectivity index (χ1v) is 12.4. The Balaban J connectivity index is 2.15. The summed E-state index contributed by atoms with van der Waals surface area (Å²) in [6.45, 7) is 9.71. The van der Waals surface area contributed by atoms with E-state index in [1.165, 1.54) is 0 Å². The normalized spacial score (nSPS) is 11.5. The maximum absolute atomic E-state index is 13.3. The van der Waals surface area contributed by atoms with Gasteiger partial charge < -0.3 is 19.7 Å². The van der Waals surface area contributed by atoms with Crippen LogP contribution in [0.3, 0.4) is 0 Å². The van der Waals surface area contributed by atoms with E-state index in [0.29, 0.717) is 50.6 Å². The Kier molecular flexibility index (Phi) is 11.2. The molecule has 2 aromatic rings. The maximum Gasteiger partial charge on any atom is 0.242 e. The molecule has 2 aromatic carbocycles. The molecule has 0 radical (unpaired) electrons. The van der Waals surface area contributed by atoms with Crippen molar-refractivity contribution in [2.24, 2.45) is 0 Å². The summed E-state index contributed by atoms with van der Waals surface area (Å²) in [5.41, 5.74) is 1.96. The zero-order valence-electron chi connectivity index (χ0n) is 20.0. The number of carbonyl (C=O) groups excluding carboxylic acids is 2. The molecular formula is C26H35BrN2O4. The number of benzene rings is 2. The molecular weight excluding hydrogens is 484 g/mol. The Labute approximate surface area is 205 Å². The van der Waals surface area contributed by atoms with E-state index in [0.717, 1.165) is 22.0 Å². The van der Waals surface area contributed by atoms with Crippen molar-refractivity contribution in [3.05, 3.63) is 58.1 Å². The summed E-state index contributed by atoms with van der Waals surface area (Å²) >= 11 is 3.44. The molecule has 180 valence electrons. The number of nitrogens with zero attached hydrogens (tertiary/aromatic N) is 1. The molecule has 0 saturated heterocycles. The van der Waals surface area contributed by atoms with Gasteiger partial charge in [0.05, 0.1) is 13.2 Å². The topological polar surface area (TPSA) is 67.9 Å². The first-order chi connectivity index (χ1) is 15.9. The highest BCUT2D eigenvalue weighted by atomic mass is 79.9. The average molecular weight is 519 g/mol. The minimum absolute atomic E-state index is 0.0658. The second kappa shape index (κ2) is 13.9. The van der Waals surface area contributed by atoms with Gasteiger partial charge in [-0.15, -0.1) is 0 Å². The van der Waals surface area contributed by atoms with Gasteiger partial charge in [0.1, 0.15) is 6.04 Å². The number of ether oxygens (including phenoxy) is 2. The summed E-state index contributed by atoms with van der Waals surface area (Å²) < 4.78 is 12.3. The zero-order chi connectivity index (χ0) is 24.2. The summed E-state index contributed by atoms with van der Waals surface area (Å²) in [6.07, 6.45) is 1.69. The van der Waals surface area contributed by atoms with Gasteiger partial charge in [-0.3, -0.25) is 9.59 Å². The number of halogens is 1. The highest BCUT2D eigenvalue weighted by Gasteiger charge is 2.25. The fraction of sp³-hybridized carbons (Fsp3) is 0.462. The van der Waals surface area contributed by atoms with Crippen molar-refractivity contribution in [2.45, 2.75) is 59.5 Å². The van der Waals surface area contributed by atoms with Gasteiger partial charge in [-0.1, -0.05) is 41.1 Å². The van der Waals surface area contributed by atoms with Gasteiger partial charge in [0.2, 0.25) is 11.8 Å². The Bertz CT molecular complexity index is 902. The van der Waals surface area contributed by atoms with Gasteiger partial charge >= 0.3 is 0 Å². The number of amides is 2. The average Bonchev–Trinajstić information content (AvgIpc) is 2.81. The Hall–Kier alpha value is -2.54. The highest BCUT2D eigenvalue weighted by molar-refractivity contribution is 9.10. The first kappa shape index (κ1) is 26.7. The van der Waals surface area contributed by atoms with E-state index in [-0.39, 0.29) is 11.8 Å². The zero-order valence-corrected chi connectivity index (χ0v) is 21.6. The lowest BCUT2D eigenvalue weighted by Gasteiger charge is -2.29. The second-order valence-corrected chi connectivity index (χ2v) is 8.68. The van der Waals surface area contributed by atoms with Crippen LogP contribution in [0, 0.1) is 0 Å². The lowest BCUT2D eigenvalue weighted by atomic mass is 10.1. The molecule has 1 N–H and O–H groups in total. The van der Waals surface area contributed by atoms with E-state index in [9.17, 15) is 9.59 Å². The van der Waals surface area contributed by atoms with Gasteiger partial charge in [-0.05, 0) is 69.0 Å². The van der Waals surface area contributed by atoms with Crippen LogP contribution in [-0.2, 0) is 22.6 Å². The van der Waals surface area contributed by atoms with Crippen LogP contribution in [0.1, 0.15) is 51.7 Å². The Morgan fingerprint density at radius 2 is 1.61 bits per heavy atom. The molecule has 0 fully saturated rings. The fourth-order valence-corrected chi connectivity index (χ4v) is 3.68. The molecule has 0 aliphatic heterocycles. The van der Waals surface area contributed by atoms with Gasteiger partial charge in [0.25, 0.3) is 0 Å². The molecule has 0 bridgehead atoms. The predicted octanol–water partition coefficient (Wildman–Crippen LogP) is 5.12.